The van der Waals surface area contributed by atoms with Crippen LogP contribution in [0.15, 0.2) is 18.2 Å². The maximum Gasteiger partial charge on any atom is 0.338 e. The third-order valence-electron chi connectivity index (χ3n) is 3.79. The summed E-state index contributed by atoms with van der Waals surface area (Å²) in [5, 5.41) is 12.2. The first-order valence-corrected chi connectivity index (χ1v) is 6.19. The number of rotatable bonds is 3. The molecule has 0 aromatic heterocycles. The van der Waals surface area contributed by atoms with Gasteiger partial charge in [0.2, 0.25) is 0 Å². The maximum atomic E-state index is 13.3. The average Bonchev–Trinajstić information content (AvgIpc) is 2.60. The van der Waals surface area contributed by atoms with Gasteiger partial charge in [-0.25, -0.2) is 9.18 Å². The molecule has 0 saturated heterocycles. The predicted molar refractivity (Wildman–Crippen MR) is 68.4 cm³/mol. The van der Waals surface area contributed by atoms with Gasteiger partial charge in [-0.15, -0.1) is 0 Å². The Hall–Kier alpha value is -1.58. The largest absolute Gasteiger partial charge is 0.478 e. The van der Waals surface area contributed by atoms with Crippen molar-refractivity contribution in [1.82, 2.24) is 0 Å². The first-order chi connectivity index (χ1) is 8.40. The van der Waals surface area contributed by atoms with E-state index in [0.717, 1.165) is 19.3 Å². The Kier molecular flexibility index (Phi) is 3.28. The second-order valence-corrected chi connectivity index (χ2v) is 5.58. The fourth-order valence-corrected chi connectivity index (χ4v) is 2.57. The van der Waals surface area contributed by atoms with E-state index in [9.17, 15) is 9.18 Å². The molecule has 1 atom stereocenters. The van der Waals surface area contributed by atoms with Crippen molar-refractivity contribution in [2.75, 3.05) is 5.32 Å². The van der Waals surface area contributed by atoms with Crippen LogP contribution >= 0.6 is 0 Å². The molecule has 3 nitrogen and oxygen atoms in total. The monoisotopic (exact) mass is 251 g/mol. The molecule has 0 bridgehead atoms. The molecule has 0 aliphatic heterocycles. The van der Waals surface area contributed by atoms with Crippen LogP contribution in [0.5, 0.6) is 0 Å². The van der Waals surface area contributed by atoms with E-state index in [1.807, 2.05) is 0 Å². The van der Waals surface area contributed by atoms with Crippen LogP contribution in [0, 0.1) is 11.2 Å². The molecule has 4 heteroatoms. The Balaban J connectivity index is 2.20. The second-order valence-electron chi connectivity index (χ2n) is 5.58. The zero-order valence-electron chi connectivity index (χ0n) is 10.7. The topological polar surface area (TPSA) is 49.3 Å². The summed E-state index contributed by atoms with van der Waals surface area (Å²) in [5.74, 6) is -1.93. The maximum absolute atomic E-state index is 13.3. The lowest BCUT2D eigenvalue weighted by Gasteiger charge is -2.28. The molecule has 0 amide bonds. The van der Waals surface area contributed by atoms with Crippen LogP contribution in [0.1, 0.15) is 43.5 Å². The first-order valence-electron chi connectivity index (χ1n) is 6.19. The Morgan fingerprint density at radius 2 is 2.22 bits per heavy atom. The van der Waals surface area contributed by atoms with Gasteiger partial charge in [-0.1, -0.05) is 20.3 Å². The van der Waals surface area contributed by atoms with Gasteiger partial charge in [-0.05, 0) is 36.5 Å². The molecule has 1 aromatic rings. The van der Waals surface area contributed by atoms with Crippen LogP contribution in [0.2, 0.25) is 0 Å². The summed E-state index contributed by atoms with van der Waals surface area (Å²) in [4.78, 5) is 10.9. The SMILES string of the molecule is CC1(C)CCCC1Nc1ccc(F)c(C(=O)O)c1. The van der Waals surface area contributed by atoms with E-state index in [0.29, 0.717) is 11.7 Å². The third kappa shape index (κ3) is 2.47. The van der Waals surface area contributed by atoms with Gasteiger partial charge in [0.15, 0.2) is 0 Å². The van der Waals surface area contributed by atoms with E-state index in [4.69, 9.17) is 5.11 Å². The minimum absolute atomic E-state index is 0.192. The third-order valence-corrected chi connectivity index (χ3v) is 3.79. The summed E-state index contributed by atoms with van der Waals surface area (Å²) in [6.45, 7) is 4.39. The summed E-state index contributed by atoms with van der Waals surface area (Å²) in [7, 11) is 0. The van der Waals surface area contributed by atoms with E-state index in [1.165, 1.54) is 12.1 Å². The van der Waals surface area contributed by atoms with Crippen LogP contribution in [0.4, 0.5) is 10.1 Å². The van der Waals surface area contributed by atoms with Crippen molar-refractivity contribution in [3.05, 3.63) is 29.6 Å². The molecule has 0 spiro atoms. The molecule has 1 unspecified atom stereocenters. The molecule has 1 saturated carbocycles. The molecule has 0 radical (unpaired) electrons. The Morgan fingerprint density at radius 1 is 1.50 bits per heavy atom. The fourth-order valence-electron chi connectivity index (χ4n) is 2.57. The molecule has 1 aliphatic rings. The summed E-state index contributed by atoms with van der Waals surface area (Å²) in [6.07, 6.45) is 3.38. The minimum atomic E-state index is -1.23. The summed E-state index contributed by atoms with van der Waals surface area (Å²) in [6, 6.07) is 4.47. The van der Waals surface area contributed by atoms with Crippen LogP contribution in [-0.4, -0.2) is 17.1 Å². The van der Waals surface area contributed by atoms with Crippen LogP contribution < -0.4 is 5.32 Å². The summed E-state index contributed by atoms with van der Waals surface area (Å²) in [5.41, 5.74) is 0.585. The molecule has 2 N–H and O–H groups in total. The van der Waals surface area contributed by atoms with E-state index >= 15 is 0 Å². The van der Waals surface area contributed by atoms with Crippen molar-refractivity contribution < 1.29 is 14.3 Å². The molecule has 2 rings (SSSR count). The molecule has 1 aromatic carbocycles. The molecular formula is C14H18FNO2. The second kappa shape index (κ2) is 4.59. The van der Waals surface area contributed by atoms with Gasteiger partial charge in [0, 0.05) is 11.7 Å². The quantitative estimate of drug-likeness (QED) is 0.864. The molecule has 98 valence electrons. The summed E-state index contributed by atoms with van der Waals surface area (Å²) < 4.78 is 13.3. The smallest absolute Gasteiger partial charge is 0.338 e. The minimum Gasteiger partial charge on any atom is -0.478 e. The number of anilines is 1. The highest BCUT2D eigenvalue weighted by Gasteiger charge is 2.34. The number of carboxylic acids is 1. The number of aromatic carboxylic acids is 1. The fraction of sp³-hybridized carbons (Fsp3) is 0.500. The summed E-state index contributed by atoms with van der Waals surface area (Å²) >= 11 is 0. The number of carbonyl (C=O) groups is 1. The van der Waals surface area contributed by atoms with E-state index in [-0.39, 0.29) is 11.0 Å². The van der Waals surface area contributed by atoms with Crippen molar-refractivity contribution in [2.45, 2.75) is 39.2 Å². The number of hydrogen-bond acceptors (Lipinski definition) is 2. The number of hydrogen-bond donors (Lipinski definition) is 2. The first kappa shape index (κ1) is 12.9. The van der Waals surface area contributed by atoms with Gasteiger partial charge in [0.25, 0.3) is 0 Å². The van der Waals surface area contributed by atoms with Crippen molar-refractivity contribution in [2.24, 2.45) is 5.41 Å². The molecule has 18 heavy (non-hydrogen) atoms. The van der Waals surface area contributed by atoms with Gasteiger partial charge in [-0.2, -0.15) is 0 Å². The standard InChI is InChI=1S/C14H18FNO2/c1-14(2)7-3-4-12(14)16-9-5-6-11(15)10(8-9)13(17)18/h5-6,8,12,16H,3-4,7H2,1-2H3,(H,17,18). The lowest BCUT2D eigenvalue weighted by Crippen LogP contribution is -2.30. The van der Waals surface area contributed by atoms with E-state index in [1.54, 1.807) is 6.07 Å². The predicted octanol–water partition coefficient (Wildman–Crippen LogP) is 3.51. The van der Waals surface area contributed by atoms with Crippen molar-refractivity contribution in [3.63, 3.8) is 0 Å². The number of carboxylic acid groups (broad SMARTS) is 1. The molecular weight excluding hydrogens is 233 g/mol. The Bertz CT molecular complexity index is 471. The van der Waals surface area contributed by atoms with Gasteiger partial charge in [-0.3, -0.25) is 0 Å². The Labute approximate surface area is 106 Å². The highest BCUT2D eigenvalue weighted by Crippen LogP contribution is 2.39. The van der Waals surface area contributed by atoms with Crippen LogP contribution in [-0.2, 0) is 0 Å². The Morgan fingerprint density at radius 3 is 2.78 bits per heavy atom. The zero-order valence-corrected chi connectivity index (χ0v) is 10.7. The van der Waals surface area contributed by atoms with Gasteiger partial charge in [0.05, 0.1) is 5.56 Å². The van der Waals surface area contributed by atoms with E-state index in [2.05, 4.69) is 19.2 Å². The molecule has 1 fully saturated rings. The number of halogens is 1. The normalized spacial score (nSPS) is 21.8. The van der Waals surface area contributed by atoms with Crippen molar-refractivity contribution >= 4 is 11.7 Å². The van der Waals surface area contributed by atoms with Crippen LogP contribution in [0.25, 0.3) is 0 Å². The number of benzene rings is 1. The zero-order chi connectivity index (χ0) is 13.3. The number of nitrogens with one attached hydrogen (secondary N) is 1. The molecule has 0 heterocycles. The lowest BCUT2D eigenvalue weighted by atomic mass is 9.87. The van der Waals surface area contributed by atoms with Gasteiger partial charge < -0.3 is 10.4 Å². The van der Waals surface area contributed by atoms with Crippen molar-refractivity contribution in [3.8, 4) is 0 Å². The lowest BCUT2D eigenvalue weighted by molar-refractivity contribution is 0.0692. The van der Waals surface area contributed by atoms with E-state index < -0.39 is 11.8 Å². The highest BCUT2D eigenvalue weighted by atomic mass is 19.1. The van der Waals surface area contributed by atoms with Crippen molar-refractivity contribution in [1.29, 1.82) is 0 Å². The average molecular weight is 251 g/mol. The van der Waals surface area contributed by atoms with Gasteiger partial charge in [0.1, 0.15) is 5.82 Å². The van der Waals surface area contributed by atoms with Gasteiger partial charge >= 0.3 is 5.97 Å². The highest BCUT2D eigenvalue weighted by molar-refractivity contribution is 5.89. The molecule has 1 aliphatic carbocycles. The van der Waals surface area contributed by atoms with Crippen LogP contribution in [0.3, 0.4) is 0 Å².